The van der Waals surface area contributed by atoms with E-state index in [-0.39, 0.29) is 17.1 Å². The maximum absolute atomic E-state index is 11.3. The van der Waals surface area contributed by atoms with Gasteiger partial charge in [0.15, 0.2) is 6.29 Å². The van der Waals surface area contributed by atoms with Crippen LogP contribution in [0.1, 0.15) is 71.6 Å². The predicted molar refractivity (Wildman–Crippen MR) is 98.1 cm³/mol. The van der Waals surface area contributed by atoms with Crippen molar-refractivity contribution in [2.75, 3.05) is 6.61 Å². The maximum atomic E-state index is 11.3. The van der Waals surface area contributed by atoms with Gasteiger partial charge in [-0.3, -0.25) is 0 Å². The normalized spacial score (nSPS) is 48.0. The van der Waals surface area contributed by atoms with Crippen LogP contribution in [0.2, 0.25) is 0 Å². The molecule has 6 atom stereocenters. The molecule has 1 unspecified atom stereocenters. The predicted octanol–water partition coefficient (Wildman–Crippen LogP) is 4.90. The number of hydrogen-bond donors (Lipinski definition) is 0. The van der Waals surface area contributed by atoms with E-state index >= 15 is 0 Å². The van der Waals surface area contributed by atoms with Gasteiger partial charge in [-0.25, -0.2) is 0 Å². The molecule has 3 nitrogen and oxygen atoms in total. The van der Waals surface area contributed by atoms with E-state index in [9.17, 15) is 4.79 Å². The van der Waals surface area contributed by atoms with Crippen molar-refractivity contribution < 1.29 is 14.3 Å². The zero-order chi connectivity index (χ0) is 17.7. The van der Waals surface area contributed by atoms with E-state index in [0.717, 1.165) is 32.2 Å². The van der Waals surface area contributed by atoms with Crippen molar-refractivity contribution in [1.82, 2.24) is 0 Å². The number of carbonyl (C=O) groups excluding carboxylic acids is 1. The van der Waals surface area contributed by atoms with E-state index < -0.39 is 0 Å². The third-order valence-corrected chi connectivity index (χ3v) is 8.29. The fourth-order valence-corrected chi connectivity index (χ4v) is 6.86. The Bertz CT molecular complexity index is 537. The highest BCUT2D eigenvalue weighted by Gasteiger charge is 2.60. The highest BCUT2D eigenvalue weighted by molar-refractivity contribution is 5.51. The molecule has 0 spiro atoms. The lowest BCUT2D eigenvalue weighted by atomic mass is 9.46. The Labute approximate surface area is 152 Å². The lowest BCUT2D eigenvalue weighted by Crippen LogP contribution is -2.61. The molecule has 0 amide bonds. The first kappa shape index (κ1) is 17.7. The fraction of sp³-hybridized carbons (Fsp3) is 0.864. The second-order valence-electron chi connectivity index (χ2n) is 9.60. The van der Waals surface area contributed by atoms with Gasteiger partial charge in [0.25, 0.3) is 0 Å². The number of carbonyl (C=O) groups is 1. The van der Waals surface area contributed by atoms with E-state index in [2.05, 4.69) is 20.4 Å². The van der Waals surface area contributed by atoms with Crippen LogP contribution in [0, 0.1) is 28.6 Å². The molecule has 0 aromatic heterocycles. The molecule has 0 aromatic rings. The van der Waals surface area contributed by atoms with Crippen LogP contribution in [0.4, 0.5) is 0 Å². The lowest BCUT2D eigenvalue weighted by molar-refractivity contribution is -0.315. The Hall–Kier alpha value is -0.670. The fourth-order valence-electron chi connectivity index (χ4n) is 6.86. The van der Waals surface area contributed by atoms with Gasteiger partial charge in [0, 0.05) is 17.8 Å². The smallest absolute Gasteiger partial charge is 0.160 e. The summed E-state index contributed by atoms with van der Waals surface area (Å²) in [6.45, 7) is 9.93. The molecular weight excluding hydrogens is 312 g/mol. The average molecular weight is 347 g/mol. The molecule has 3 aliphatic carbocycles. The van der Waals surface area contributed by atoms with Crippen molar-refractivity contribution in [2.24, 2.45) is 28.6 Å². The number of fused-ring (bicyclic) bond motifs is 3. The van der Waals surface area contributed by atoms with Crippen LogP contribution in [0.3, 0.4) is 0 Å². The Morgan fingerprint density at radius 3 is 2.64 bits per heavy atom. The van der Waals surface area contributed by atoms with Crippen LogP contribution < -0.4 is 0 Å². The molecule has 0 aromatic carbocycles. The third-order valence-electron chi connectivity index (χ3n) is 8.29. The Kier molecular flexibility index (Phi) is 4.60. The molecule has 4 fully saturated rings. The van der Waals surface area contributed by atoms with Gasteiger partial charge in [-0.05, 0) is 55.8 Å². The van der Waals surface area contributed by atoms with Crippen LogP contribution in [0.25, 0.3) is 0 Å². The summed E-state index contributed by atoms with van der Waals surface area (Å²) >= 11 is 0. The second-order valence-corrected chi connectivity index (χ2v) is 9.60. The maximum Gasteiger partial charge on any atom is 0.160 e. The highest BCUT2D eigenvalue weighted by atomic mass is 16.7. The van der Waals surface area contributed by atoms with Gasteiger partial charge in [-0.2, -0.15) is 0 Å². The Morgan fingerprint density at radius 2 is 1.92 bits per heavy atom. The van der Waals surface area contributed by atoms with Gasteiger partial charge in [-0.15, -0.1) is 0 Å². The Morgan fingerprint density at radius 1 is 1.16 bits per heavy atom. The molecule has 1 saturated heterocycles. The van der Waals surface area contributed by atoms with Gasteiger partial charge in [0.1, 0.15) is 6.29 Å². The van der Waals surface area contributed by atoms with E-state index in [1.54, 1.807) is 0 Å². The number of aldehydes is 1. The summed E-state index contributed by atoms with van der Waals surface area (Å²) in [4.78, 5) is 11.3. The molecule has 3 saturated carbocycles. The first-order valence-corrected chi connectivity index (χ1v) is 10.4. The summed E-state index contributed by atoms with van der Waals surface area (Å²) in [5.41, 5.74) is 1.52. The van der Waals surface area contributed by atoms with Gasteiger partial charge >= 0.3 is 0 Å². The SMILES string of the molecule is C=C1CCC2[C@]3(C)CO[C@@H](C4CCCC4)O[C@@H]3CC[C@@]2(C)[C@@H]1CC=O. The van der Waals surface area contributed by atoms with E-state index in [0.29, 0.717) is 30.3 Å². The molecule has 1 aliphatic heterocycles. The van der Waals surface area contributed by atoms with Gasteiger partial charge in [0.05, 0.1) is 12.7 Å². The molecule has 0 bridgehead atoms. The number of allylic oxidation sites excluding steroid dienone is 1. The molecule has 25 heavy (non-hydrogen) atoms. The summed E-state index contributed by atoms with van der Waals surface area (Å²) in [5, 5.41) is 0. The molecule has 3 heteroatoms. The first-order valence-electron chi connectivity index (χ1n) is 10.4. The van der Waals surface area contributed by atoms with Crippen LogP contribution in [0.15, 0.2) is 12.2 Å². The largest absolute Gasteiger partial charge is 0.352 e. The monoisotopic (exact) mass is 346 g/mol. The van der Waals surface area contributed by atoms with Crippen molar-refractivity contribution in [3.05, 3.63) is 12.2 Å². The molecular formula is C22H34O3. The van der Waals surface area contributed by atoms with Gasteiger partial charge < -0.3 is 14.3 Å². The standard InChI is InChI=1S/C22H34O3/c1-15-8-9-18-21(2,17(15)11-13-23)12-10-19-22(18,3)14-24-20(25-19)16-6-4-5-7-16/h13,16-20H,1,4-12,14H2,2-3H3/t17-,18?,19-,20-,21+,22+/m1/s1. The van der Waals surface area contributed by atoms with Crippen LogP contribution in [-0.2, 0) is 14.3 Å². The number of hydrogen-bond acceptors (Lipinski definition) is 3. The summed E-state index contributed by atoms with van der Waals surface area (Å²) in [6, 6.07) is 0. The minimum Gasteiger partial charge on any atom is -0.352 e. The van der Waals surface area contributed by atoms with Gasteiger partial charge in [0.2, 0.25) is 0 Å². The first-order chi connectivity index (χ1) is 12.0. The van der Waals surface area contributed by atoms with E-state index in [4.69, 9.17) is 9.47 Å². The highest BCUT2D eigenvalue weighted by Crippen LogP contribution is 2.63. The minimum absolute atomic E-state index is 0.0225. The van der Waals surface area contributed by atoms with Crippen molar-refractivity contribution in [2.45, 2.75) is 84.0 Å². The van der Waals surface area contributed by atoms with Crippen LogP contribution in [-0.4, -0.2) is 25.3 Å². The van der Waals surface area contributed by atoms with Crippen LogP contribution in [0.5, 0.6) is 0 Å². The molecule has 4 aliphatic rings. The quantitative estimate of drug-likeness (QED) is 0.539. The second kappa shape index (κ2) is 6.49. The van der Waals surface area contributed by atoms with Crippen molar-refractivity contribution in [1.29, 1.82) is 0 Å². The molecule has 0 radical (unpaired) electrons. The van der Waals surface area contributed by atoms with Crippen molar-refractivity contribution >= 4 is 6.29 Å². The van der Waals surface area contributed by atoms with E-state index in [1.165, 1.54) is 37.7 Å². The molecule has 0 N–H and O–H groups in total. The summed E-state index contributed by atoms with van der Waals surface area (Å²) in [7, 11) is 0. The summed E-state index contributed by atoms with van der Waals surface area (Å²) < 4.78 is 12.9. The third kappa shape index (κ3) is 2.73. The lowest BCUT2D eigenvalue weighted by Gasteiger charge is -2.62. The van der Waals surface area contributed by atoms with Crippen LogP contribution >= 0.6 is 0 Å². The summed E-state index contributed by atoms with van der Waals surface area (Å²) in [5.74, 6) is 1.49. The number of ether oxygens (including phenoxy) is 2. The molecule has 140 valence electrons. The summed E-state index contributed by atoms with van der Waals surface area (Å²) in [6.07, 6.45) is 11.7. The topological polar surface area (TPSA) is 35.5 Å². The zero-order valence-corrected chi connectivity index (χ0v) is 16.0. The van der Waals surface area contributed by atoms with Gasteiger partial charge in [-0.1, -0.05) is 38.8 Å². The molecule has 1 heterocycles. The number of rotatable bonds is 3. The molecule has 4 rings (SSSR count). The van der Waals surface area contributed by atoms with Crippen molar-refractivity contribution in [3.8, 4) is 0 Å². The zero-order valence-electron chi connectivity index (χ0n) is 16.0. The average Bonchev–Trinajstić information content (AvgIpc) is 3.12. The van der Waals surface area contributed by atoms with Crippen molar-refractivity contribution in [3.63, 3.8) is 0 Å². The van der Waals surface area contributed by atoms with E-state index in [1.807, 2.05) is 0 Å². The Balaban J connectivity index is 1.56. The minimum atomic E-state index is 0.0225.